The predicted molar refractivity (Wildman–Crippen MR) is 81.1 cm³/mol. The van der Waals surface area contributed by atoms with Gasteiger partial charge in [-0.25, -0.2) is 0 Å². The molecule has 0 spiro atoms. The Kier molecular flexibility index (Phi) is 3.54. The number of furan rings is 1. The van der Waals surface area contributed by atoms with E-state index in [1.807, 2.05) is 30.3 Å². The first-order chi connectivity index (χ1) is 10.3. The number of nitrogens with one attached hydrogen (secondary N) is 1. The Balaban J connectivity index is 1.91. The minimum absolute atomic E-state index is 0.290. The van der Waals surface area contributed by atoms with Crippen molar-refractivity contribution in [2.75, 3.05) is 5.32 Å². The topological polar surface area (TPSA) is 66.0 Å². The van der Waals surface area contributed by atoms with Crippen LogP contribution < -0.4 is 5.32 Å². The largest absolute Gasteiger partial charge is 0.472 e. The molecule has 1 amide bonds. The number of carbonyl (C=O) groups is 1. The quantitative estimate of drug-likeness (QED) is 0.789. The number of carbonyl (C=O) groups excluding carboxylic acids is 1. The van der Waals surface area contributed by atoms with Crippen LogP contribution in [0, 0.1) is 11.3 Å². The standard InChI is InChI=1S/C16H10N2O2S/c17-9-13-8-14(11-4-2-1-3-5-11)21-16(13)18-15(19)12-6-7-20-10-12/h1-8,10H,(H,18,19). The summed E-state index contributed by atoms with van der Waals surface area (Å²) in [4.78, 5) is 13.0. The smallest absolute Gasteiger partial charge is 0.259 e. The Morgan fingerprint density at radius 1 is 1.24 bits per heavy atom. The third-order valence-electron chi connectivity index (χ3n) is 2.92. The maximum atomic E-state index is 12.0. The number of hydrogen-bond donors (Lipinski definition) is 1. The van der Waals surface area contributed by atoms with E-state index >= 15 is 0 Å². The molecule has 1 aromatic carbocycles. The van der Waals surface area contributed by atoms with Crippen LogP contribution in [0.25, 0.3) is 10.4 Å². The second-order valence-corrected chi connectivity index (χ2v) is 5.35. The normalized spacial score (nSPS) is 10.0. The molecular weight excluding hydrogens is 284 g/mol. The highest BCUT2D eigenvalue weighted by molar-refractivity contribution is 7.19. The van der Waals surface area contributed by atoms with Gasteiger partial charge in [-0.3, -0.25) is 4.79 Å². The lowest BCUT2D eigenvalue weighted by molar-refractivity contribution is 0.102. The molecule has 2 heterocycles. The summed E-state index contributed by atoms with van der Waals surface area (Å²) in [7, 11) is 0. The van der Waals surface area contributed by atoms with Gasteiger partial charge in [0.25, 0.3) is 5.91 Å². The molecule has 0 bridgehead atoms. The minimum Gasteiger partial charge on any atom is -0.472 e. The molecule has 0 saturated heterocycles. The summed E-state index contributed by atoms with van der Waals surface area (Å²) in [6.07, 6.45) is 2.80. The van der Waals surface area contributed by atoms with Gasteiger partial charge in [-0.15, -0.1) is 11.3 Å². The highest BCUT2D eigenvalue weighted by Crippen LogP contribution is 2.35. The zero-order valence-electron chi connectivity index (χ0n) is 10.9. The molecular formula is C16H10N2O2S. The first kappa shape index (κ1) is 13.2. The first-order valence-electron chi connectivity index (χ1n) is 6.21. The van der Waals surface area contributed by atoms with E-state index in [9.17, 15) is 10.1 Å². The second-order valence-electron chi connectivity index (χ2n) is 4.30. The Morgan fingerprint density at radius 2 is 2.05 bits per heavy atom. The number of anilines is 1. The van der Waals surface area contributed by atoms with Crippen molar-refractivity contribution in [3.63, 3.8) is 0 Å². The molecule has 21 heavy (non-hydrogen) atoms. The fraction of sp³-hybridized carbons (Fsp3) is 0. The van der Waals surface area contributed by atoms with Crippen molar-refractivity contribution in [3.05, 3.63) is 66.1 Å². The van der Waals surface area contributed by atoms with Crippen LogP contribution >= 0.6 is 11.3 Å². The van der Waals surface area contributed by atoms with Gasteiger partial charge in [0, 0.05) is 4.88 Å². The maximum Gasteiger partial charge on any atom is 0.259 e. The van der Waals surface area contributed by atoms with Crippen LogP contribution in [0.5, 0.6) is 0 Å². The lowest BCUT2D eigenvalue weighted by Gasteiger charge is -2.00. The molecule has 0 fully saturated rings. The summed E-state index contributed by atoms with van der Waals surface area (Å²) in [5.74, 6) is -0.290. The number of amides is 1. The van der Waals surface area contributed by atoms with Crippen molar-refractivity contribution < 1.29 is 9.21 Å². The number of nitrogens with zero attached hydrogens (tertiary/aromatic N) is 1. The average Bonchev–Trinajstić information content (AvgIpc) is 3.17. The minimum atomic E-state index is -0.290. The Morgan fingerprint density at radius 3 is 2.71 bits per heavy atom. The fourth-order valence-corrected chi connectivity index (χ4v) is 2.89. The first-order valence-corrected chi connectivity index (χ1v) is 7.02. The summed E-state index contributed by atoms with van der Waals surface area (Å²) in [5, 5.41) is 12.5. The molecule has 0 unspecified atom stereocenters. The van der Waals surface area contributed by atoms with Gasteiger partial charge in [-0.05, 0) is 17.7 Å². The van der Waals surface area contributed by atoms with Crippen LogP contribution in [0.2, 0.25) is 0 Å². The zero-order chi connectivity index (χ0) is 14.7. The van der Waals surface area contributed by atoms with E-state index in [-0.39, 0.29) is 5.91 Å². The SMILES string of the molecule is N#Cc1cc(-c2ccccc2)sc1NC(=O)c1ccoc1. The van der Waals surface area contributed by atoms with Crippen molar-refractivity contribution in [3.8, 4) is 16.5 Å². The summed E-state index contributed by atoms with van der Waals surface area (Å²) >= 11 is 1.38. The van der Waals surface area contributed by atoms with Gasteiger partial charge >= 0.3 is 0 Å². The molecule has 0 aliphatic carbocycles. The summed E-state index contributed by atoms with van der Waals surface area (Å²) in [5.41, 5.74) is 1.90. The number of rotatable bonds is 3. The van der Waals surface area contributed by atoms with Crippen LogP contribution in [-0.2, 0) is 0 Å². The van der Waals surface area contributed by atoms with Crippen molar-refractivity contribution in [1.82, 2.24) is 0 Å². The third-order valence-corrected chi connectivity index (χ3v) is 4.02. The van der Waals surface area contributed by atoms with E-state index < -0.39 is 0 Å². The van der Waals surface area contributed by atoms with Crippen molar-refractivity contribution in [2.45, 2.75) is 0 Å². The highest BCUT2D eigenvalue weighted by Gasteiger charge is 2.14. The molecule has 102 valence electrons. The van der Waals surface area contributed by atoms with Gasteiger partial charge in [0.15, 0.2) is 0 Å². The lowest BCUT2D eigenvalue weighted by atomic mass is 10.2. The van der Waals surface area contributed by atoms with Gasteiger partial charge in [0.05, 0.1) is 17.4 Å². The van der Waals surface area contributed by atoms with E-state index in [1.54, 1.807) is 12.1 Å². The van der Waals surface area contributed by atoms with Crippen LogP contribution in [0.1, 0.15) is 15.9 Å². The third kappa shape index (κ3) is 2.71. The van der Waals surface area contributed by atoms with E-state index in [1.165, 1.54) is 23.9 Å². The van der Waals surface area contributed by atoms with Crippen molar-refractivity contribution in [2.24, 2.45) is 0 Å². The predicted octanol–water partition coefficient (Wildman–Crippen LogP) is 4.13. The Hall–Kier alpha value is -2.84. The molecule has 4 nitrogen and oxygen atoms in total. The van der Waals surface area contributed by atoms with Crippen LogP contribution in [0.15, 0.2) is 59.4 Å². The number of thiophene rings is 1. The van der Waals surface area contributed by atoms with Crippen LogP contribution in [0.4, 0.5) is 5.00 Å². The fourth-order valence-electron chi connectivity index (χ4n) is 1.88. The molecule has 3 aromatic rings. The molecule has 1 N–H and O–H groups in total. The maximum absolute atomic E-state index is 12.0. The second kappa shape index (κ2) is 5.65. The highest BCUT2D eigenvalue weighted by atomic mass is 32.1. The molecule has 0 atom stereocenters. The van der Waals surface area contributed by atoms with Crippen molar-refractivity contribution in [1.29, 1.82) is 5.26 Å². The van der Waals surface area contributed by atoms with E-state index in [4.69, 9.17) is 4.42 Å². The van der Waals surface area contributed by atoms with Gasteiger partial charge in [-0.1, -0.05) is 30.3 Å². The monoisotopic (exact) mass is 294 g/mol. The molecule has 5 heteroatoms. The molecule has 0 aliphatic rings. The van der Waals surface area contributed by atoms with Crippen LogP contribution in [0.3, 0.4) is 0 Å². The van der Waals surface area contributed by atoms with Crippen LogP contribution in [-0.4, -0.2) is 5.91 Å². The molecule has 0 aliphatic heterocycles. The molecule has 0 saturated carbocycles. The Bertz CT molecular complexity index is 799. The lowest BCUT2D eigenvalue weighted by Crippen LogP contribution is -2.10. The number of hydrogen-bond acceptors (Lipinski definition) is 4. The molecule has 2 aromatic heterocycles. The number of benzene rings is 1. The van der Waals surface area contributed by atoms with Gasteiger partial charge in [-0.2, -0.15) is 5.26 Å². The van der Waals surface area contributed by atoms with Gasteiger partial charge in [0.1, 0.15) is 17.3 Å². The summed E-state index contributed by atoms with van der Waals surface area (Å²) in [6, 6.07) is 15.2. The summed E-state index contributed by atoms with van der Waals surface area (Å²) in [6.45, 7) is 0. The van der Waals surface area contributed by atoms with E-state index in [2.05, 4.69) is 11.4 Å². The van der Waals surface area contributed by atoms with Crippen molar-refractivity contribution >= 4 is 22.2 Å². The summed E-state index contributed by atoms with van der Waals surface area (Å²) < 4.78 is 4.88. The molecule has 0 radical (unpaired) electrons. The van der Waals surface area contributed by atoms with E-state index in [0.717, 1.165) is 10.4 Å². The molecule has 3 rings (SSSR count). The van der Waals surface area contributed by atoms with Gasteiger partial charge < -0.3 is 9.73 Å². The van der Waals surface area contributed by atoms with E-state index in [0.29, 0.717) is 16.1 Å². The average molecular weight is 294 g/mol. The zero-order valence-corrected chi connectivity index (χ0v) is 11.7. The number of nitriles is 1. The van der Waals surface area contributed by atoms with Gasteiger partial charge in [0.2, 0.25) is 0 Å². The Labute approximate surface area is 125 Å².